The van der Waals surface area contributed by atoms with Crippen molar-refractivity contribution >= 4 is 23.3 Å². The second-order valence-corrected chi connectivity index (χ2v) is 8.36. The maximum atomic E-state index is 12.1. The van der Waals surface area contributed by atoms with Gasteiger partial charge in [0.15, 0.2) is 0 Å². The number of ether oxygens (including phenoxy) is 1. The maximum Gasteiger partial charge on any atom is 0.336 e. The molecule has 2 atom stereocenters. The van der Waals surface area contributed by atoms with Gasteiger partial charge in [0.1, 0.15) is 25.6 Å². The molecule has 1 aliphatic carbocycles. The molecule has 7 nitrogen and oxygen atoms in total. The summed E-state index contributed by atoms with van der Waals surface area (Å²) in [5.41, 5.74) is 3.28. The van der Waals surface area contributed by atoms with Gasteiger partial charge in [-0.05, 0) is 23.8 Å². The van der Waals surface area contributed by atoms with E-state index in [9.17, 15) is 19.8 Å². The van der Waals surface area contributed by atoms with Crippen LogP contribution < -0.4 is 9.64 Å². The first kappa shape index (κ1) is 21.4. The van der Waals surface area contributed by atoms with Gasteiger partial charge in [0.2, 0.25) is 5.71 Å². The number of nitrogens with zero attached hydrogens (tertiary/aromatic N) is 2. The summed E-state index contributed by atoms with van der Waals surface area (Å²) in [5, 5.41) is 19.3. The summed E-state index contributed by atoms with van der Waals surface area (Å²) in [5.74, 6) is -1.49. The van der Waals surface area contributed by atoms with E-state index in [1.165, 1.54) is 12.1 Å². The molecule has 2 aliphatic rings. The number of rotatable bonds is 4. The monoisotopic (exact) mass is 433 g/mol. The highest BCUT2D eigenvalue weighted by atomic mass is 16.5. The van der Waals surface area contributed by atoms with Crippen molar-refractivity contribution < 1.29 is 29.1 Å². The van der Waals surface area contributed by atoms with Crippen molar-refractivity contribution in [2.45, 2.75) is 5.92 Å². The topological polar surface area (TPSA) is 90.1 Å². The van der Waals surface area contributed by atoms with E-state index in [0.29, 0.717) is 11.3 Å². The van der Waals surface area contributed by atoms with Gasteiger partial charge in [-0.25, -0.2) is 14.2 Å². The Balaban J connectivity index is 1.96. The first-order valence-electron chi connectivity index (χ1n) is 10.2. The average Bonchev–Trinajstić information content (AvgIpc) is 2.75. The number of allylic oxidation sites excluding steroid dienone is 3. The van der Waals surface area contributed by atoms with E-state index in [1.54, 1.807) is 6.07 Å². The van der Waals surface area contributed by atoms with Crippen LogP contribution in [0, 0.1) is 5.92 Å². The number of hydrogen-bond donors (Lipinski definition) is 2. The Morgan fingerprint density at radius 3 is 2.34 bits per heavy atom. The van der Waals surface area contributed by atoms with Crippen molar-refractivity contribution in [2.24, 2.45) is 5.92 Å². The Kier molecular flexibility index (Phi) is 5.34. The number of carbonyl (C=O) groups is 2. The molecule has 0 amide bonds. The largest absolute Gasteiger partial charge is 0.478 e. The molecule has 1 aliphatic heterocycles. The van der Waals surface area contributed by atoms with Crippen molar-refractivity contribution in [1.29, 1.82) is 0 Å². The minimum absolute atomic E-state index is 0.0189. The maximum absolute atomic E-state index is 12.1. The number of carboxylic acids is 2. The third kappa shape index (κ3) is 3.66. The number of hydrogen-bond acceptors (Lipinski definition) is 4. The molecule has 2 N–H and O–H groups in total. The van der Waals surface area contributed by atoms with Crippen molar-refractivity contribution in [3.05, 3.63) is 82.6 Å². The van der Waals surface area contributed by atoms with E-state index < -0.39 is 11.9 Å². The molecule has 2 aromatic carbocycles. The van der Waals surface area contributed by atoms with Crippen molar-refractivity contribution in [3.63, 3.8) is 0 Å². The summed E-state index contributed by atoms with van der Waals surface area (Å²) in [4.78, 5) is 25.5. The zero-order valence-electron chi connectivity index (χ0n) is 18.4. The smallest absolute Gasteiger partial charge is 0.336 e. The van der Waals surface area contributed by atoms with Gasteiger partial charge in [-0.1, -0.05) is 18.2 Å². The normalized spacial score (nSPS) is 18.8. The Labute approximate surface area is 186 Å². The van der Waals surface area contributed by atoms with Crippen LogP contribution >= 0.6 is 0 Å². The quantitative estimate of drug-likeness (QED) is 0.718. The lowest BCUT2D eigenvalue weighted by Gasteiger charge is -2.36. The van der Waals surface area contributed by atoms with Gasteiger partial charge in [-0.15, -0.1) is 0 Å². The first-order valence-corrected chi connectivity index (χ1v) is 10.2. The fourth-order valence-electron chi connectivity index (χ4n) is 4.21. The van der Waals surface area contributed by atoms with E-state index in [0.717, 1.165) is 22.7 Å². The van der Waals surface area contributed by atoms with Crippen LogP contribution in [0.2, 0.25) is 0 Å². The van der Waals surface area contributed by atoms with Crippen LogP contribution in [0.3, 0.4) is 0 Å². The van der Waals surface area contributed by atoms with E-state index in [2.05, 4.69) is 0 Å². The molecular formula is C25H25N2O5+. The molecule has 0 radical (unpaired) electrons. The molecule has 0 saturated heterocycles. The molecular weight excluding hydrogens is 408 g/mol. The molecule has 4 rings (SSSR count). The van der Waals surface area contributed by atoms with E-state index in [-0.39, 0.29) is 23.0 Å². The van der Waals surface area contributed by atoms with Gasteiger partial charge in [0.25, 0.3) is 0 Å². The van der Waals surface area contributed by atoms with Crippen LogP contribution in [0.5, 0.6) is 5.75 Å². The minimum Gasteiger partial charge on any atom is -0.478 e. The highest BCUT2D eigenvalue weighted by Gasteiger charge is 2.39. The van der Waals surface area contributed by atoms with Crippen LogP contribution in [0.25, 0.3) is 0 Å². The number of benzene rings is 2. The molecule has 0 spiro atoms. The molecule has 0 saturated carbocycles. The third-order valence-electron chi connectivity index (χ3n) is 5.91. The molecule has 0 aromatic heterocycles. The van der Waals surface area contributed by atoms with E-state index in [4.69, 9.17) is 4.74 Å². The summed E-state index contributed by atoms with van der Waals surface area (Å²) in [7, 11) is 7.78. The number of anilines is 1. The molecule has 32 heavy (non-hydrogen) atoms. The highest BCUT2D eigenvalue weighted by molar-refractivity contribution is 6.02. The predicted octanol–water partition coefficient (Wildman–Crippen LogP) is 3.46. The van der Waals surface area contributed by atoms with Crippen molar-refractivity contribution in [2.75, 3.05) is 33.1 Å². The van der Waals surface area contributed by atoms with Crippen LogP contribution in [0.1, 0.15) is 37.8 Å². The fourth-order valence-corrected chi connectivity index (χ4v) is 4.21. The van der Waals surface area contributed by atoms with Gasteiger partial charge < -0.3 is 19.8 Å². The Morgan fingerprint density at radius 2 is 1.72 bits per heavy atom. The molecule has 2 unspecified atom stereocenters. The Hall–Kier alpha value is -3.87. The number of carboxylic acid groups (broad SMARTS) is 2. The Bertz CT molecular complexity index is 1220. The summed E-state index contributed by atoms with van der Waals surface area (Å²) in [6.45, 7) is 0. The third-order valence-corrected chi connectivity index (χ3v) is 5.91. The highest BCUT2D eigenvalue weighted by Crippen LogP contribution is 2.49. The molecule has 0 bridgehead atoms. The van der Waals surface area contributed by atoms with Crippen LogP contribution in [-0.4, -0.2) is 60.6 Å². The molecule has 164 valence electrons. The second kappa shape index (κ2) is 8.00. The molecule has 7 heteroatoms. The minimum atomic E-state index is -1.16. The zero-order chi connectivity index (χ0) is 23.2. The fraction of sp³-hybridized carbons (Fsp3) is 0.240. The van der Waals surface area contributed by atoms with Gasteiger partial charge in [-0.3, -0.25) is 0 Å². The van der Waals surface area contributed by atoms with Gasteiger partial charge in [0.05, 0.1) is 11.1 Å². The van der Waals surface area contributed by atoms with Crippen molar-refractivity contribution in [3.8, 4) is 5.75 Å². The SMILES string of the molecule is CN(C)c1ccc2c(c1)OC1=CC(=[N+](C)C)C=CC1C2c1ccc(C(=O)O)cc1C(=O)O. The second-order valence-electron chi connectivity index (χ2n) is 8.36. The van der Waals surface area contributed by atoms with Gasteiger partial charge >= 0.3 is 11.9 Å². The Morgan fingerprint density at radius 1 is 1.00 bits per heavy atom. The summed E-state index contributed by atoms with van der Waals surface area (Å²) < 4.78 is 8.30. The number of aromatic carboxylic acids is 2. The molecule has 0 fully saturated rings. The predicted molar refractivity (Wildman–Crippen MR) is 121 cm³/mol. The number of fused-ring (bicyclic) bond motifs is 2. The van der Waals surface area contributed by atoms with Gasteiger partial charge in [-0.2, -0.15) is 0 Å². The summed E-state index contributed by atoms with van der Waals surface area (Å²) in [6, 6.07) is 10.2. The van der Waals surface area contributed by atoms with E-state index in [1.807, 2.05) is 74.1 Å². The average molecular weight is 433 g/mol. The van der Waals surface area contributed by atoms with Crippen LogP contribution in [0.15, 0.2) is 60.4 Å². The lowest BCUT2D eigenvalue weighted by Crippen LogP contribution is -2.29. The summed E-state index contributed by atoms with van der Waals surface area (Å²) in [6.07, 6.45) is 5.99. The lowest BCUT2D eigenvalue weighted by atomic mass is 9.74. The van der Waals surface area contributed by atoms with Crippen LogP contribution in [0.4, 0.5) is 5.69 Å². The standard InChI is InChI=1S/C25H24N2O5/c1-26(2)15-6-9-18-21(12-15)32-22-13-16(27(3)4)7-10-19(22)23(18)17-8-5-14(24(28)29)11-20(17)25(30)31/h5-13,18,23H,1-4H3,(H-,28,29,30,31)/p+1. The van der Waals surface area contributed by atoms with Crippen LogP contribution in [-0.2, 0) is 0 Å². The first-order chi connectivity index (χ1) is 15.2. The molecule has 1 heterocycles. The zero-order valence-corrected chi connectivity index (χ0v) is 18.4. The summed E-state index contributed by atoms with van der Waals surface area (Å²) >= 11 is 0. The molecule has 2 aromatic rings. The van der Waals surface area contributed by atoms with E-state index >= 15 is 0 Å². The van der Waals surface area contributed by atoms with Crippen molar-refractivity contribution in [1.82, 2.24) is 0 Å². The lowest BCUT2D eigenvalue weighted by molar-refractivity contribution is -0.462. The van der Waals surface area contributed by atoms with Gasteiger partial charge in [0, 0.05) is 55.4 Å².